The van der Waals surface area contributed by atoms with Crippen molar-refractivity contribution in [2.75, 3.05) is 4.90 Å². The molecule has 5 heterocycles. The van der Waals surface area contributed by atoms with E-state index in [0.29, 0.717) is 0 Å². The number of ether oxygens (including phenoxy) is 1. The van der Waals surface area contributed by atoms with Crippen LogP contribution in [-0.2, 0) is 5.41 Å². The molecule has 0 amide bonds. The average Bonchev–Trinajstić information content (AvgIpc) is 3.46. The van der Waals surface area contributed by atoms with E-state index in [1.807, 2.05) is 30.7 Å². The van der Waals surface area contributed by atoms with E-state index in [0.717, 1.165) is 67.3 Å². The molecule has 0 saturated heterocycles. The fourth-order valence-corrected chi connectivity index (χ4v) is 8.14. The highest BCUT2D eigenvalue weighted by molar-refractivity contribution is 6.09. The molecule has 48 heavy (non-hydrogen) atoms. The van der Waals surface area contributed by atoms with Gasteiger partial charge in [-0.05, 0) is 91.7 Å². The lowest BCUT2D eigenvalue weighted by molar-refractivity contribution is 0.434. The van der Waals surface area contributed by atoms with Crippen LogP contribution in [0.5, 0.6) is 11.5 Å². The molecule has 8 aromatic rings. The first kappa shape index (κ1) is 27.0. The third-order valence-corrected chi connectivity index (χ3v) is 10.1. The van der Waals surface area contributed by atoms with Crippen molar-refractivity contribution in [1.82, 2.24) is 14.5 Å². The summed E-state index contributed by atoms with van der Waals surface area (Å²) >= 11 is 0. The van der Waals surface area contributed by atoms with Gasteiger partial charge in [0.25, 0.3) is 0 Å². The molecule has 2 aliphatic rings. The molecule has 0 unspecified atom stereocenters. The zero-order chi connectivity index (χ0) is 32.0. The van der Waals surface area contributed by atoms with Crippen molar-refractivity contribution in [2.45, 2.75) is 19.3 Å². The van der Waals surface area contributed by atoms with Gasteiger partial charge in [-0.1, -0.05) is 71.8 Å². The van der Waals surface area contributed by atoms with Gasteiger partial charge in [-0.15, -0.1) is 0 Å². The largest absolute Gasteiger partial charge is 0.457 e. The Kier molecular flexibility index (Phi) is 5.56. The fraction of sp³-hybridized carbons (Fsp3) is 0.0698. The number of anilines is 3. The van der Waals surface area contributed by atoms with Crippen molar-refractivity contribution < 1.29 is 4.74 Å². The van der Waals surface area contributed by atoms with Gasteiger partial charge >= 0.3 is 0 Å². The Morgan fingerprint density at radius 3 is 1.90 bits per heavy atom. The van der Waals surface area contributed by atoms with Gasteiger partial charge in [0.2, 0.25) is 0 Å². The normalized spacial score (nSPS) is 13.9. The van der Waals surface area contributed by atoms with Crippen molar-refractivity contribution in [3.05, 3.63) is 179 Å². The number of fused-ring (bicyclic) bond motifs is 11. The molecule has 228 valence electrons. The first-order valence-electron chi connectivity index (χ1n) is 16.3. The van der Waals surface area contributed by atoms with E-state index in [-0.39, 0.29) is 0 Å². The second kappa shape index (κ2) is 9.90. The first-order valence-corrected chi connectivity index (χ1v) is 16.3. The van der Waals surface area contributed by atoms with Gasteiger partial charge in [-0.2, -0.15) is 0 Å². The third kappa shape index (κ3) is 3.56. The SMILES string of the molecule is Cc1ccc2c(c1)C1(c3ccccc3Oc3ccccc31)c1cc(C)ccc1N2c1ccc2c(c1)c1ncccc1n2-c1cccnc1. The number of hydrogen-bond donors (Lipinski definition) is 0. The van der Waals surface area contributed by atoms with Crippen LogP contribution in [0.3, 0.4) is 0 Å². The number of rotatable bonds is 2. The smallest absolute Gasteiger partial charge is 0.132 e. The summed E-state index contributed by atoms with van der Waals surface area (Å²) in [4.78, 5) is 11.8. The summed E-state index contributed by atoms with van der Waals surface area (Å²) in [6.45, 7) is 4.37. The third-order valence-electron chi connectivity index (χ3n) is 10.1. The number of aryl methyl sites for hydroxylation is 2. The second-order valence-corrected chi connectivity index (χ2v) is 12.8. The summed E-state index contributed by atoms with van der Waals surface area (Å²) in [6.07, 6.45) is 5.60. The highest BCUT2D eigenvalue weighted by Crippen LogP contribution is 2.63. The topological polar surface area (TPSA) is 43.2 Å². The minimum atomic E-state index is -0.577. The molecule has 0 atom stereocenters. The molecular weight excluding hydrogens is 589 g/mol. The molecule has 0 saturated carbocycles. The number of benzene rings is 5. The molecule has 5 aromatic carbocycles. The van der Waals surface area contributed by atoms with Crippen LogP contribution in [0.4, 0.5) is 17.1 Å². The maximum absolute atomic E-state index is 6.61. The Morgan fingerprint density at radius 1 is 0.562 bits per heavy atom. The summed E-state index contributed by atoms with van der Waals surface area (Å²) in [5.74, 6) is 1.78. The quantitative estimate of drug-likeness (QED) is 0.193. The molecule has 0 aliphatic carbocycles. The highest BCUT2D eigenvalue weighted by atomic mass is 16.5. The number of nitrogens with zero attached hydrogens (tertiary/aromatic N) is 4. The highest BCUT2D eigenvalue weighted by Gasteiger charge is 2.51. The van der Waals surface area contributed by atoms with Crippen molar-refractivity contribution in [2.24, 2.45) is 0 Å². The van der Waals surface area contributed by atoms with Crippen LogP contribution >= 0.6 is 0 Å². The van der Waals surface area contributed by atoms with Crippen LogP contribution in [0.25, 0.3) is 27.6 Å². The van der Waals surface area contributed by atoms with Crippen LogP contribution in [0.1, 0.15) is 33.4 Å². The fourth-order valence-electron chi connectivity index (χ4n) is 8.14. The molecule has 0 fully saturated rings. The van der Waals surface area contributed by atoms with E-state index >= 15 is 0 Å². The zero-order valence-corrected chi connectivity index (χ0v) is 26.6. The molecule has 5 nitrogen and oxygen atoms in total. The van der Waals surface area contributed by atoms with E-state index in [2.05, 4.69) is 144 Å². The number of hydrogen-bond acceptors (Lipinski definition) is 4. The maximum Gasteiger partial charge on any atom is 0.132 e. The summed E-state index contributed by atoms with van der Waals surface area (Å²) < 4.78 is 8.86. The van der Waals surface area contributed by atoms with E-state index in [1.165, 1.54) is 22.3 Å². The van der Waals surface area contributed by atoms with Crippen LogP contribution in [0.2, 0.25) is 0 Å². The molecule has 0 N–H and O–H groups in total. The predicted molar refractivity (Wildman–Crippen MR) is 192 cm³/mol. The Labute approximate surface area is 278 Å². The molecular formula is C43H30N4O. The van der Waals surface area contributed by atoms with E-state index < -0.39 is 5.41 Å². The molecule has 1 spiro atoms. The minimum absolute atomic E-state index is 0.577. The monoisotopic (exact) mass is 618 g/mol. The number of para-hydroxylation sites is 2. The van der Waals surface area contributed by atoms with Gasteiger partial charge in [0, 0.05) is 34.6 Å². The van der Waals surface area contributed by atoms with Crippen molar-refractivity contribution >= 4 is 39.0 Å². The second-order valence-electron chi connectivity index (χ2n) is 12.8. The predicted octanol–water partition coefficient (Wildman–Crippen LogP) is 10.5. The van der Waals surface area contributed by atoms with E-state index in [4.69, 9.17) is 9.72 Å². The minimum Gasteiger partial charge on any atom is -0.457 e. The number of aromatic nitrogens is 3. The average molecular weight is 619 g/mol. The van der Waals surface area contributed by atoms with Crippen LogP contribution in [-0.4, -0.2) is 14.5 Å². The van der Waals surface area contributed by atoms with E-state index in [9.17, 15) is 0 Å². The molecule has 10 rings (SSSR count). The lowest BCUT2D eigenvalue weighted by Gasteiger charge is -2.48. The summed E-state index contributed by atoms with van der Waals surface area (Å²) in [5.41, 5.74) is 14.1. The standard InChI is InChI=1S/C43H30N4O/c1-27-15-18-37-34(23-27)43(32-10-3-5-13-40(32)48-41-14-6-4-11-33(41)43)35-24-28(2)16-19-38(35)46(37)29-17-20-36-31(25-29)42-39(12-8-22-45-42)47(36)30-9-7-21-44-26-30/h3-26H,1-2H3. The molecule has 2 aliphatic heterocycles. The van der Waals surface area contributed by atoms with Gasteiger partial charge in [-0.25, -0.2) is 0 Å². The van der Waals surface area contributed by atoms with Gasteiger partial charge in [0.05, 0.1) is 45.2 Å². The molecule has 0 radical (unpaired) electrons. The van der Waals surface area contributed by atoms with Crippen molar-refractivity contribution in [3.8, 4) is 17.2 Å². The van der Waals surface area contributed by atoms with E-state index in [1.54, 1.807) is 0 Å². The number of pyridine rings is 2. The molecule has 0 bridgehead atoms. The van der Waals surface area contributed by atoms with Gasteiger partial charge < -0.3 is 14.2 Å². The van der Waals surface area contributed by atoms with Gasteiger partial charge in [0.15, 0.2) is 0 Å². The molecule has 3 aromatic heterocycles. The lowest BCUT2D eigenvalue weighted by Crippen LogP contribution is -2.39. The van der Waals surface area contributed by atoms with Gasteiger partial charge in [-0.3, -0.25) is 9.97 Å². The van der Waals surface area contributed by atoms with Gasteiger partial charge in [0.1, 0.15) is 11.5 Å². The Hall–Kier alpha value is -6.20. The first-order chi connectivity index (χ1) is 23.6. The summed E-state index contributed by atoms with van der Waals surface area (Å²) in [6, 6.07) is 45.8. The Bertz CT molecular complexity index is 2480. The maximum atomic E-state index is 6.61. The summed E-state index contributed by atoms with van der Waals surface area (Å²) in [5, 5.41) is 1.09. The van der Waals surface area contributed by atoms with Crippen LogP contribution in [0.15, 0.2) is 146 Å². The van der Waals surface area contributed by atoms with Crippen molar-refractivity contribution in [3.63, 3.8) is 0 Å². The molecule has 5 heteroatoms. The van der Waals surface area contributed by atoms with Crippen LogP contribution in [0, 0.1) is 13.8 Å². The van der Waals surface area contributed by atoms with Crippen LogP contribution < -0.4 is 9.64 Å². The Balaban J connectivity index is 1.30. The van der Waals surface area contributed by atoms with Crippen molar-refractivity contribution in [1.29, 1.82) is 0 Å². The Morgan fingerprint density at radius 2 is 1.23 bits per heavy atom. The summed E-state index contributed by atoms with van der Waals surface area (Å²) in [7, 11) is 0. The zero-order valence-electron chi connectivity index (χ0n) is 26.6. The lowest BCUT2D eigenvalue weighted by atomic mass is 9.61.